The number of hydrogen-bond donors (Lipinski definition) is 0. The third-order valence-corrected chi connectivity index (χ3v) is 6.53. The van der Waals surface area contributed by atoms with Gasteiger partial charge in [0.25, 0.3) is 0 Å². The molecule has 0 saturated carbocycles. The quantitative estimate of drug-likeness (QED) is 0.512. The molecule has 3 aromatic rings. The average Bonchev–Trinajstić information content (AvgIpc) is 2.79. The van der Waals surface area contributed by atoms with Gasteiger partial charge in [0.15, 0.2) is 5.78 Å². The van der Waals surface area contributed by atoms with Gasteiger partial charge < -0.3 is 0 Å². The molecule has 32 heavy (non-hydrogen) atoms. The van der Waals surface area contributed by atoms with Crippen LogP contribution in [0, 0.1) is 12.7 Å². The second-order valence-corrected chi connectivity index (χ2v) is 8.68. The summed E-state index contributed by atoms with van der Waals surface area (Å²) in [4.78, 5) is 28.8. The number of carbonyl (C=O) groups excluding carboxylic acids is 2. The summed E-state index contributed by atoms with van der Waals surface area (Å²) in [5, 5.41) is 0. The molecule has 0 fully saturated rings. The average molecular weight is 426 g/mol. The number of carbonyl (C=O) groups is 2. The molecule has 2 unspecified atom stereocenters. The van der Waals surface area contributed by atoms with Gasteiger partial charge in [-0.2, -0.15) is 0 Å². The van der Waals surface area contributed by atoms with Crippen molar-refractivity contribution in [3.63, 3.8) is 0 Å². The van der Waals surface area contributed by atoms with Crippen molar-refractivity contribution in [3.8, 4) is 0 Å². The van der Waals surface area contributed by atoms with Gasteiger partial charge in [-0.25, -0.2) is 4.39 Å². The molecule has 1 aliphatic heterocycles. The molecule has 4 heteroatoms. The van der Waals surface area contributed by atoms with Crippen LogP contribution in [0.15, 0.2) is 90.1 Å². The molecular weight excluding hydrogens is 401 g/mol. The van der Waals surface area contributed by atoms with Crippen molar-refractivity contribution >= 4 is 17.4 Å². The molecular formula is C28H24FNO2. The molecule has 1 amide bonds. The first kappa shape index (κ1) is 20.4. The van der Waals surface area contributed by atoms with Gasteiger partial charge in [0.05, 0.1) is 0 Å². The first-order chi connectivity index (χ1) is 15.5. The Kier molecular flexibility index (Phi) is 5.22. The van der Waals surface area contributed by atoms with E-state index in [9.17, 15) is 14.0 Å². The van der Waals surface area contributed by atoms with Gasteiger partial charge >= 0.3 is 0 Å². The van der Waals surface area contributed by atoms with Gasteiger partial charge in [-0.05, 0) is 60.2 Å². The van der Waals surface area contributed by atoms with Crippen LogP contribution in [0.5, 0.6) is 0 Å². The van der Waals surface area contributed by atoms with Gasteiger partial charge in [0, 0.05) is 35.7 Å². The predicted octanol–water partition coefficient (Wildman–Crippen LogP) is 6.06. The summed E-state index contributed by atoms with van der Waals surface area (Å²) in [6.45, 7) is 1.99. The molecule has 3 aromatic carbocycles. The van der Waals surface area contributed by atoms with E-state index in [0.29, 0.717) is 18.4 Å². The van der Waals surface area contributed by atoms with Gasteiger partial charge in [0.2, 0.25) is 5.91 Å². The molecule has 0 N–H and O–H groups in total. The van der Waals surface area contributed by atoms with Crippen molar-refractivity contribution in [2.24, 2.45) is 0 Å². The summed E-state index contributed by atoms with van der Waals surface area (Å²) in [5.41, 5.74) is 5.24. The molecule has 1 aliphatic carbocycles. The third-order valence-electron chi connectivity index (χ3n) is 6.53. The Morgan fingerprint density at radius 1 is 0.812 bits per heavy atom. The van der Waals surface area contributed by atoms with Gasteiger partial charge in [-0.3, -0.25) is 14.5 Å². The number of ketones is 1. The van der Waals surface area contributed by atoms with Crippen LogP contribution in [-0.2, 0) is 9.59 Å². The van der Waals surface area contributed by atoms with Gasteiger partial charge in [0.1, 0.15) is 5.82 Å². The Labute approximate surface area is 187 Å². The molecule has 160 valence electrons. The van der Waals surface area contributed by atoms with Gasteiger partial charge in [-0.15, -0.1) is 0 Å². The van der Waals surface area contributed by atoms with E-state index in [2.05, 4.69) is 0 Å². The molecule has 3 nitrogen and oxygen atoms in total. The van der Waals surface area contributed by atoms with E-state index in [4.69, 9.17) is 0 Å². The third kappa shape index (κ3) is 3.66. The summed E-state index contributed by atoms with van der Waals surface area (Å²) < 4.78 is 13.5. The Balaban J connectivity index is 1.66. The zero-order valence-corrected chi connectivity index (χ0v) is 17.9. The topological polar surface area (TPSA) is 37.4 Å². The van der Waals surface area contributed by atoms with E-state index in [1.54, 1.807) is 17.0 Å². The SMILES string of the molecule is Cc1cccc(N2C(=O)CC(c3ccc(F)cc3)C3=C2CC(c2ccccc2)CC3=O)c1. The number of benzene rings is 3. The van der Waals surface area contributed by atoms with Crippen molar-refractivity contribution < 1.29 is 14.0 Å². The summed E-state index contributed by atoms with van der Waals surface area (Å²) in [6, 6.07) is 24.0. The van der Waals surface area contributed by atoms with E-state index in [-0.39, 0.29) is 35.8 Å². The summed E-state index contributed by atoms with van der Waals surface area (Å²) in [6.07, 6.45) is 1.22. The first-order valence-corrected chi connectivity index (χ1v) is 11.0. The van der Waals surface area contributed by atoms with Crippen LogP contribution < -0.4 is 4.90 Å². The fourth-order valence-electron chi connectivity index (χ4n) is 5.04. The van der Waals surface area contributed by atoms with Crippen LogP contribution >= 0.6 is 0 Å². The van der Waals surface area contributed by atoms with Crippen LogP contribution in [0.2, 0.25) is 0 Å². The molecule has 2 aliphatic rings. The van der Waals surface area contributed by atoms with E-state index in [1.165, 1.54) is 12.1 Å². The zero-order valence-electron chi connectivity index (χ0n) is 17.9. The molecule has 0 aromatic heterocycles. The smallest absolute Gasteiger partial charge is 0.232 e. The van der Waals surface area contributed by atoms with Crippen LogP contribution in [0.1, 0.15) is 47.8 Å². The number of hydrogen-bond acceptors (Lipinski definition) is 2. The minimum atomic E-state index is -0.344. The zero-order chi connectivity index (χ0) is 22.2. The molecule has 5 rings (SSSR count). The Morgan fingerprint density at radius 3 is 2.28 bits per heavy atom. The minimum absolute atomic E-state index is 0.0227. The minimum Gasteiger partial charge on any atom is -0.294 e. The lowest BCUT2D eigenvalue weighted by atomic mass is 9.72. The summed E-state index contributed by atoms with van der Waals surface area (Å²) in [5.74, 6) is -0.617. The highest BCUT2D eigenvalue weighted by atomic mass is 19.1. The van der Waals surface area contributed by atoms with Crippen molar-refractivity contribution in [1.29, 1.82) is 0 Å². The molecule has 0 bridgehead atoms. The fourth-order valence-corrected chi connectivity index (χ4v) is 5.04. The molecule has 0 spiro atoms. The Morgan fingerprint density at radius 2 is 1.56 bits per heavy atom. The van der Waals surface area contributed by atoms with Crippen LogP contribution in [0.3, 0.4) is 0 Å². The number of nitrogens with zero attached hydrogens (tertiary/aromatic N) is 1. The van der Waals surface area contributed by atoms with Crippen molar-refractivity contribution in [2.45, 2.75) is 38.0 Å². The number of aryl methyl sites for hydroxylation is 1. The number of rotatable bonds is 3. The fraction of sp³-hybridized carbons (Fsp3) is 0.214. The van der Waals surface area contributed by atoms with Gasteiger partial charge in [-0.1, -0.05) is 54.6 Å². The highest BCUT2D eigenvalue weighted by molar-refractivity contribution is 6.08. The number of allylic oxidation sites excluding steroid dienone is 2. The van der Waals surface area contributed by atoms with Crippen molar-refractivity contribution in [2.75, 3.05) is 4.90 Å². The summed E-state index contributed by atoms with van der Waals surface area (Å²) >= 11 is 0. The van der Waals surface area contributed by atoms with Crippen LogP contribution in [-0.4, -0.2) is 11.7 Å². The Hall–Kier alpha value is -3.53. The van der Waals surface area contributed by atoms with Crippen molar-refractivity contribution in [1.82, 2.24) is 0 Å². The van der Waals surface area contributed by atoms with Crippen molar-refractivity contribution in [3.05, 3.63) is 113 Å². The van der Waals surface area contributed by atoms with E-state index >= 15 is 0 Å². The molecule has 0 radical (unpaired) electrons. The second kappa shape index (κ2) is 8.19. The molecule has 2 atom stereocenters. The Bertz CT molecular complexity index is 1210. The second-order valence-electron chi connectivity index (χ2n) is 8.68. The first-order valence-electron chi connectivity index (χ1n) is 11.0. The highest BCUT2D eigenvalue weighted by Crippen LogP contribution is 2.47. The molecule has 0 saturated heterocycles. The lowest BCUT2D eigenvalue weighted by Crippen LogP contribution is -2.41. The number of halogens is 1. The molecule has 1 heterocycles. The lowest BCUT2D eigenvalue weighted by molar-refractivity contribution is -0.120. The van der Waals surface area contributed by atoms with E-state index in [0.717, 1.165) is 28.1 Å². The lowest BCUT2D eigenvalue weighted by Gasteiger charge is -2.40. The maximum atomic E-state index is 13.5. The number of Topliss-reactive ketones (excluding diaryl/α,β-unsaturated/α-hetero) is 1. The van der Waals surface area contributed by atoms with E-state index in [1.807, 2.05) is 61.5 Å². The van der Waals surface area contributed by atoms with E-state index < -0.39 is 0 Å². The predicted molar refractivity (Wildman–Crippen MR) is 123 cm³/mol. The number of amides is 1. The number of anilines is 1. The van der Waals surface area contributed by atoms with Crippen LogP contribution in [0.25, 0.3) is 0 Å². The monoisotopic (exact) mass is 425 g/mol. The maximum absolute atomic E-state index is 13.5. The standard InChI is InChI=1S/C28H24FNO2/c1-18-6-5-9-23(14-18)30-25-15-21(19-7-3-2-4-8-19)16-26(31)28(25)24(17-27(30)32)20-10-12-22(29)13-11-20/h2-14,21,24H,15-17H2,1H3. The maximum Gasteiger partial charge on any atom is 0.232 e. The highest BCUT2D eigenvalue weighted by Gasteiger charge is 2.42. The van der Waals surface area contributed by atoms with Crippen LogP contribution in [0.4, 0.5) is 10.1 Å². The largest absolute Gasteiger partial charge is 0.294 e. The summed E-state index contributed by atoms with van der Waals surface area (Å²) in [7, 11) is 0. The normalized spacial score (nSPS) is 21.0.